The van der Waals surface area contributed by atoms with E-state index in [4.69, 9.17) is 4.74 Å². The molecule has 1 aromatic rings. The third kappa shape index (κ3) is 7.22. The summed E-state index contributed by atoms with van der Waals surface area (Å²) in [7, 11) is -1.82. The normalized spacial score (nSPS) is 17.4. The molecule has 0 radical (unpaired) electrons. The fraction of sp³-hybridized carbons (Fsp3) is 0.471. The topological polar surface area (TPSA) is 91.8 Å². The van der Waals surface area contributed by atoms with Gasteiger partial charge >= 0.3 is 0 Å². The number of ether oxygens (including phenoxy) is 1. The maximum atomic E-state index is 12.3. The Labute approximate surface area is 172 Å². The highest BCUT2D eigenvalue weighted by Gasteiger charge is 2.20. The Morgan fingerprint density at radius 2 is 2.08 bits per heavy atom. The molecule has 26 heavy (non-hydrogen) atoms. The first-order valence-corrected chi connectivity index (χ1v) is 9.79. The van der Waals surface area contributed by atoms with Gasteiger partial charge in [0.1, 0.15) is 0 Å². The first-order valence-electron chi connectivity index (χ1n) is 8.31. The quantitative estimate of drug-likeness (QED) is 0.221. The molecular formula is C17H27IN4O3S. The number of aliphatic imine (C=N–C) groups is 1. The van der Waals surface area contributed by atoms with Crippen molar-refractivity contribution in [3.63, 3.8) is 0 Å². The fourth-order valence-corrected chi connectivity index (χ4v) is 3.52. The van der Waals surface area contributed by atoms with Crippen LogP contribution in [-0.4, -0.2) is 47.2 Å². The van der Waals surface area contributed by atoms with Crippen LogP contribution < -0.4 is 15.4 Å². The van der Waals surface area contributed by atoms with Gasteiger partial charge in [-0.25, -0.2) is 13.1 Å². The zero-order valence-electron chi connectivity index (χ0n) is 14.9. The zero-order chi connectivity index (χ0) is 18.1. The molecule has 3 N–H and O–H groups in total. The Balaban J connectivity index is 0.00000338. The van der Waals surface area contributed by atoms with Crippen LogP contribution in [-0.2, 0) is 21.3 Å². The van der Waals surface area contributed by atoms with Gasteiger partial charge in [-0.3, -0.25) is 4.99 Å². The van der Waals surface area contributed by atoms with E-state index in [-0.39, 0.29) is 35.0 Å². The van der Waals surface area contributed by atoms with E-state index in [0.717, 1.165) is 18.4 Å². The van der Waals surface area contributed by atoms with Crippen LogP contribution in [0.4, 0.5) is 0 Å². The van der Waals surface area contributed by atoms with E-state index in [1.165, 1.54) is 0 Å². The first-order chi connectivity index (χ1) is 12.0. The van der Waals surface area contributed by atoms with Gasteiger partial charge in [-0.15, -0.1) is 30.6 Å². The molecule has 1 fully saturated rings. The number of halogens is 1. The van der Waals surface area contributed by atoms with Gasteiger partial charge in [0.2, 0.25) is 10.0 Å². The minimum Gasteiger partial charge on any atom is -0.377 e. The van der Waals surface area contributed by atoms with Gasteiger partial charge in [-0.1, -0.05) is 18.2 Å². The van der Waals surface area contributed by atoms with Crippen LogP contribution in [0.1, 0.15) is 18.4 Å². The van der Waals surface area contributed by atoms with Crippen LogP contribution in [0.3, 0.4) is 0 Å². The molecule has 1 aliphatic rings. The molecule has 146 valence electrons. The van der Waals surface area contributed by atoms with Gasteiger partial charge in [0.05, 0.1) is 11.0 Å². The van der Waals surface area contributed by atoms with E-state index in [9.17, 15) is 8.42 Å². The number of sulfonamides is 1. The Bertz CT molecular complexity index is 686. The molecule has 1 aliphatic heterocycles. The van der Waals surface area contributed by atoms with Crippen molar-refractivity contribution < 1.29 is 13.2 Å². The predicted octanol–water partition coefficient (Wildman–Crippen LogP) is 1.61. The highest BCUT2D eigenvalue weighted by Crippen LogP contribution is 2.14. The van der Waals surface area contributed by atoms with Crippen molar-refractivity contribution in [2.45, 2.75) is 30.4 Å². The first kappa shape index (κ1) is 22.9. The minimum absolute atomic E-state index is 0. The van der Waals surface area contributed by atoms with Crippen molar-refractivity contribution in [1.82, 2.24) is 15.4 Å². The summed E-state index contributed by atoms with van der Waals surface area (Å²) in [4.78, 5) is 4.34. The van der Waals surface area contributed by atoms with E-state index >= 15 is 0 Å². The number of hydrogen-bond acceptors (Lipinski definition) is 4. The predicted molar refractivity (Wildman–Crippen MR) is 114 cm³/mol. The molecule has 1 heterocycles. The number of rotatable bonds is 8. The van der Waals surface area contributed by atoms with Gasteiger partial charge in [0.25, 0.3) is 0 Å². The average molecular weight is 494 g/mol. The van der Waals surface area contributed by atoms with Crippen LogP contribution in [0.2, 0.25) is 0 Å². The highest BCUT2D eigenvalue weighted by molar-refractivity contribution is 14.0. The molecular weight excluding hydrogens is 467 g/mol. The van der Waals surface area contributed by atoms with Crippen LogP contribution >= 0.6 is 24.0 Å². The molecule has 1 atom stereocenters. The van der Waals surface area contributed by atoms with Crippen molar-refractivity contribution in [1.29, 1.82) is 0 Å². The lowest BCUT2D eigenvalue weighted by Crippen LogP contribution is -2.36. The molecule has 7 nitrogen and oxygen atoms in total. The van der Waals surface area contributed by atoms with Gasteiger partial charge in [-0.05, 0) is 30.5 Å². The van der Waals surface area contributed by atoms with Crippen LogP contribution in [0.15, 0.2) is 46.8 Å². The average Bonchev–Trinajstić information content (AvgIpc) is 3.14. The van der Waals surface area contributed by atoms with Crippen molar-refractivity contribution in [3.05, 3.63) is 42.5 Å². The Morgan fingerprint density at radius 3 is 2.65 bits per heavy atom. The van der Waals surface area contributed by atoms with E-state index in [1.54, 1.807) is 37.4 Å². The van der Waals surface area contributed by atoms with E-state index in [2.05, 4.69) is 26.9 Å². The second-order valence-electron chi connectivity index (χ2n) is 5.73. The van der Waals surface area contributed by atoms with Gasteiger partial charge in [-0.2, -0.15) is 0 Å². The van der Waals surface area contributed by atoms with E-state index in [0.29, 0.717) is 32.2 Å². The summed E-state index contributed by atoms with van der Waals surface area (Å²) in [6.07, 6.45) is 3.61. The molecule has 1 unspecified atom stereocenters. The lowest BCUT2D eigenvalue weighted by molar-refractivity contribution is 0.114. The Morgan fingerprint density at radius 1 is 1.35 bits per heavy atom. The van der Waals surface area contributed by atoms with Crippen molar-refractivity contribution in [3.8, 4) is 0 Å². The molecule has 0 aliphatic carbocycles. The smallest absolute Gasteiger partial charge is 0.240 e. The third-order valence-corrected chi connectivity index (χ3v) is 5.30. The number of guanidine groups is 1. The Kier molecular flexibility index (Phi) is 10.1. The summed E-state index contributed by atoms with van der Waals surface area (Å²) in [5, 5.41) is 6.22. The lowest BCUT2D eigenvalue weighted by Gasteiger charge is -2.12. The second kappa shape index (κ2) is 11.5. The van der Waals surface area contributed by atoms with Crippen molar-refractivity contribution in [2.75, 3.05) is 26.7 Å². The van der Waals surface area contributed by atoms with E-state index < -0.39 is 10.0 Å². The Hall–Kier alpha value is -1.17. The van der Waals surface area contributed by atoms with Gasteiger partial charge in [0, 0.05) is 33.3 Å². The summed E-state index contributed by atoms with van der Waals surface area (Å²) in [6.45, 7) is 5.83. The monoisotopic (exact) mass is 494 g/mol. The molecule has 9 heteroatoms. The molecule has 0 aromatic heterocycles. The lowest BCUT2D eigenvalue weighted by atomic mass is 10.2. The van der Waals surface area contributed by atoms with Gasteiger partial charge < -0.3 is 15.4 Å². The number of nitrogens with one attached hydrogen (secondary N) is 3. The molecule has 0 amide bonds. The maximum absolute atomic E-state index is 12.3. The summed E-state index contributed by atoms with van der Waals surface area (Å²) >= 11 is 0. The molecule has 0 bridgehead atoms. The van der Waals surface area contributed by atoms with Gasteiger partial charge in [0.15, 0.2) is 5.96 Å². The molecule has 1 aromatic carbocycles. The third-order valence-electron chi connectivity index (χ3n) is 3.86. The van der Waals surface area contributed by atoms with Crippen molar-refractivity contribution in [2.24, 2.45) is 4.99 Å². The highest BCUT2D eigenvalue weighted by atomic mass is 127. The molecule has 1 saturated heterocycles. The summed E-state index contributed by atoms with van der Waals surface area (Å²) in [5.74, 6) is 0.662. The van der Waals surface area contributed by atoms with Crippen LogP contribution in [0.5, 0.6) is 0 Å². The summed E-state index contributed by atoms with van der Waals surface area (Å²) < 4.78 is 32.7. The van der Waals surface area contributed by atoms with E-state index in [1.807, 2.05) is 0 Å². The second-order valence-corrected chi connectivity index (χ2v) is 7.49. The number of benzene rings is 1. The fourth-order valence-electron chi connectivity index (χ4n) is 2.45. The number of hydrogen-bond donors (Lipinski definition) is 3. The SMILES string of the molecule is C=CCNC(=NC)NCc1ccc(S(=O)(=O)NCC2CCCO2)cc1.I. The standard InChI is InChI=1S/C17H26N4O3S.HI/c1-3-10-19-17(18-2)20-12-14-6-8-16(9-7-14)25(22,23)21-13-15-5-4-11-24-15;/h3,6-9,15,21H,1,4-5,10-13H2,2H3,(H2,18,19,20);1H. The molecule has 2 rings (SSSR count). The van der Waals surface area contributed by atoms with Crippen LogP contribution in [0.25, 0.3) is 0 Å². The largest absolute Gasteiger partial charge is 0.377 e. The molecule has 0 spiro atoms. The van der Waals surface area contributed by atoms with Crippen LogP contribution in [0, 0.1) is 0 Å². The summed E-state index contributed by atoms with van der Waals surface area (Å²) in [6, 6.07) is 6.78. The molecule has 0 saturated carbocycles. The van der Waals surface area contributed by atoms with Crippen molar-refractivity contribution >= 4 is 40.0 Å². The number of nitrogens with zero attached hydrogens (tertiary/aromatic N) is 1. The minimum atomic E-state index is -3.51. The zero-order valence-corrected chi connectivity index (χ0v) is 18.0. The summed E-state index contributed by atoms with van der Waals surface area (Å²) in [5.41, 5.74) is 0.958. The maximum Gasteiger partial charge on any atom is 0.240 e.